The molecule has 0 fully saturated rings. The average Bonchev–Trinajstić information content (AvgIpc) is 2.63. The van der Waals surface area contributed by atoms with Crippen LogP contribution < -0.4 is 5.32 Å². The predicted molar refractivity (Wildman–Crippen MR) is 105 cm³/mol. The zero-order valence-electron chi connectivity index (χ0n) is 15.1. The van der Waals surface area contributed by atoms with Gasteiger partial charge in [0.2, 0.25) is 11.8 Å². The zero-order valence-corrected chi connectivity index (χ0v) is 16.6. The van der Waals surface area contributed by atoms with E-state index in [2.05, 4.69) is 5.32 Å². The van der Waals surface area contributed by atoms with Crippen molar-refractivity contribution in [3.8, 4) is 0 Å². The Hall–Kier alpha value is -2.04. The number of benzene rings is 2. The third-order valence-electron chi connectivity index (χ3n) is 4.28. The van der Waals surface area contributed by atoms with Gasteiger partial charge in [0.25, 0.3) is 0 Å². The molecule has 138 valence electrons. The van der Waals surface area contributed by atoms with Gasteiger partial charge in [0, 0.05) is 23.6 Å². The predicted octanol–water partition coefficient (Wildman–Crippen LogP) is 4.01. The Kier molecular flexibility index (Phi) is 7.06. The molecule has 0 bridgehead atoms. The fourth-order valence-corrected chi connectivity index (χ4v) is 3.17. The van der Waals surface area contributed by atoms with Gasteiger partial charge < -0.3 is 10.2 Å². The van der Waals surface area contributed by atoms with Crippen molar-refractivity contribution in [2.45, 2.75) is 32.9 Å². The Morgan fingerprint density at radius 3 is 2.19 bits per heavy atom. The van der Waals surface area contributed by atoms with Crippen molar-refractivity contribution in [1.82, 2.24) is 10.2 Å². The minimum atomic E-state index is -0.616. The summed E-state index contributed by atoms with van der Waals surface area (Å²) in [6.45, 7) is 4.04. The van der Waals surface area contributed by atoms with Gasteiger partial charge in [-0.2, -0.15) is 0 Å². The zero-order chi connectivity index (χ0) is 19.3. The minimum absolute atomic E-state index is 0.0334. The molecule has 26 heavy (non-hydrogen) atoms. The molecule has 0 saturated carbocycles. The van der Waals surface area contributed by atoms with Crippen molar-refractivity contribution in [2.75, 3.05) is 7.05 Å². The van der Waals surface area contributed by atoms with Gasteiger partial charge in [0.05, 0.1) is 6.42 Å². The molecule has 0 heterocycles. The second-order valence-electron chi connectivity index (χ2n) is 6.17. The summed E-state index contributed by atoms with van der Waals surface area (Å²) in [7, 11) is 1.55. The second-order valence-corrected chi connectivity index (χ2v) is 6.99. The number of hydrogen-bond donors (Lipinski definition) is 1. The van der Waals surface area contributed by atoms with Crippen LogP contribution in [0.15, 0.2) is 42.5 Å². The number of nitrogens with one attached hydrogen (secondary N) is 1. The summed E-state index contributed by atoms with van der Waals surface area (Å²) in [6.07, 6.45) is 0.0334. The van der Waals surface area contributed by atoms with E-state index in [4.69, 9.17) is 23.2 Å². The van der Waals surface area contributed by atoms with E-state index in [9.17, 15) is 9.59 Å². The number of rotatable bonds is 6. The van der Waals surface area contributed by atoms with Crippen molar-refractivity contribution in [2.24, 2.45) is 0 Å². The summed E-state index contributed by atoms with van der Waals surface area (Å²) in [5, 5.41) is 3.47. The molecule has 6 heteroatoms. The fraction of sp³-hybridized carbons (Fsp3) is 0.300. The normalized spacial score (nSPS) is 11.7. The molecule has 0 aliphatic rings. The summed E-state index contributed by atoms with van der Waals surface area (Å²) >= 11 is 12.4. The maximum Gasteiger partial charge on any atom is 0.242 e. The first kappa shape index (κ1) is 20.3. The largest absolute Gasteiger partial charge is 0.357 e. The summed E-state index contributed by atoms with van der Waals surface area (Å²) in [6, 6.07) is 12.4. The molecule has 2 aromatic rings. The van der Waals surface area contributed by atoms with Gasteiger partial charge in [-0.3, -0.25) is 9.59 Å². The highest BCUT2D eigenvalue weighted by molar-refractivity contribution is 6.36. The Labute approximate surface area is 164 Å². The molecule has 0 saturated heterocycles. The monoisotopic (exact) mass is 392 g/mol. The number of aryl methyl sites for hydroxylation is 1. The van der Waals surface area contributed by atoms with E-state index in [0.717, 1.165) is 11.1 Å². The molecule has 1 N–H and O–H groups in total. The third kappa shape index (κ3) is 4.99. The van der Waals surface area contributed by atoms with Crippen LogP contribution in [-0.4, -0.2) is 29.8 Å². The van der Waals surface area contributed by atoms with Gasteiger partial charge in [-0.1, -0.05) is 59.1 Å². The Morgan fingerprint density at radius 1 is 1.08 bits per heavy atom. The molecule has 1 unspecified atom stereocenters. The minimum Gasteiger partial charge on any atom is -0.357 e. The summed E-state index contributed by atoms with van der Waals surface area (Å²) in [4.78, 5) is 26.7. The molecular formula is C20H22Cl2N2O2. The lowest BCUT2D eigenvalue weighted by Gasteiger charge is -2.28. The van der Waals surface area contributed by atoms with Crippen LogP contribution in [0, 0.1) is 6.92 Å². The molecule has 0 aliphatic heterocycles. The molecule has 0 radical (unpaired) electrons. The molecule has 2 aromatic carbocycles. The Morgan fingerprint density at radius 2 is 1.65 bits per heavy atom. The van der Waals surface area contributed by atoms with Crippen molar-refractivity contribution in [3.05, 3.63) is 69.2 Å². The summed E-state index contributed by atoms with van der Waals surface area (Å²) < 4.78 is 0. The first-order chi connectivity index (χ1) is 12.3. The van der Waals surface area contributed by atoms with E-state index in [1.807, 2.05) is 31.2 Å². The van der Waals surface area contributed by atoms with Crippen molar-refractivity contribution >= 4 is 35.0 Å². The molecule has 0 spiro atoms. The molecule has 4 nitrogen and oxygen atoms in total. The second kappa shape index (κ2) is 9.06. The number of halogens is 2. The molecule has 1 atom stereocenters. The van der Waals surface area contributed by atoms with E-state index in [-0.39, 0.29) is 18.2 Å². The van der Waals surface area contributed by atoms with Crippen molar-refractivity contribution in [3.63, 3.8) is 0 Å². The standard InChI is InChI=1S/C20H22Cl2N2O2/c1-13-7-9-15(10-8-13)12-24(14(2)20(26)23-3)19(25)11-16-17(21)5-4-6-18(16)22/h4-10,14H,11-12H2,1-3H3,(H,23,26). The van der Waals surface area contributed by atoms with E-state index < -0.39 is 6.04 Å². The van der Waals surface area contributed by atoms with Crippen LogP contribution in [0.2, 0.25) is 10.0 Å². The number of carbonyl (C=O) groups excluding carboxylic acids is 2. The highest BCUT2D eigenvalue weighted by Gasteiger charge is 2.26. The SMILES string of the molecule is CNC(=O)C(C)N(Cc1ccc(C)cc1)C(=O)Cc1c(Cl)cccc1Cl. The lowest BCUT2D eigenvalue weighted by Crippen LogP contribution is -2.47. The van der Waals surface area contributed by atoms with Gasteiger partial charge in [-0.15, -0.1) is 0 Å². The van der Waals surface area contributed by atoms with Gasteiger partial charge in [-0.25, -0.2) is 0 Å². The van der Waals surface area contributed by atoms with Crippen molar-refractivity contribution in [1.29, 1.82) is 0 Å². The highest BCUT2D eigenvalue weighted by Crippen LogP contribution is 2.26. The van der Waals surface area contributed by atoms with Crippen LogP contribution in [0.4, 0.5) is 0 Å². The quantitative estimate of drug-likeness (QED) is 0.806. The van der Waals surface area contributed by atoms with Gasteiger partial charge in [0.1, 0.15) is 6.04 Å². The smallest absolute Gasteiger partial charge is 0.242 e. The van der Waals surface area contributed by atoms with Crippen molar-refractivity contribution < 1.29 is 9.59 Å². The highest BCUT2D eigenvalue weighted by atomic mass is 35.5. The Balaban J connectivity index is 2.28. The average molecular weight is 393 g/mol. The number of likely N-dealkylation sites (N-methyl/N-ethyl adjacent to an activating group) is 1. The van der Waals surface area contributed by atoms with Crippen LogP contribution in [0.3, 0.4) is 0 Å². The Bertz CT molecular complexity index is 771. The summed E-state index contributed by atoms with van der Waals surface area (Å²) in [5.74, 6) is -0.438. The summed E-state index contributed by atoms with van der Waals surface area (Å²) in [5.41, 5.74) is 2.65. The first-order valence-electron chi connectivity index (χ1n) is 8.33. The first-order valence-corrected chi connectivity index (χ1v) is 9.08. The van der Waals surface area contributed by atoms with Crippen LogP contribution >= 0.6 is 23.2 Å². The molecule has 0 aliphatic carbocycles. The number of nitrogens with zero attached hydrogens (tertiary/aromatic N) is 1. The lowest BCUT2D eigenvalue weighted by molar-refractivity contribution is -0.139. The number of carbonyl (C=O) groups is 2. The van der Waals surface area contributed by atoms with Crippen LogP contribution in [0.25, 0.3) is 0 Å². The van der Waals surface area contributed by atoms with Gasteiger partial charge in [0.15, 0.2) is 0 Å². The maximum absolute atomic E-state index is 13.0. The van der Waals surface area contributed by atoms with E-state index in [0.29, 0.717) is 22.2 Å². The molecule has 2 amide bonds. The topological polar surface area (TPSA) is 49.4 Å². The van der Waals surface area contributed by atoms with Crippen LogP contribution in [0.5, 0.6) is 0 Å². The molecule has 2 rings (SSSR count). The number of amides is 2. The maximum atomic E-state index is 13.0. The van der Waals surface area contributed by atoms with E-state index in [1.165, 1.54) is 0 Å². The van der Waals surface area contributed by atoms with Crippen LogP contribution in [-0.2, 0) is 22.6 Å². The number of hydrogen-bond acceptors (Lipinski definition) is 2. The fourth-order valence-electron chi connectivity index (χ4n) is 2.64. The van der Waals surface area contributed by atoms with Gasteiger partial charge in [-0.05, 0) is 37.1 Å². The van der Waals surface area contributed by atoms with E-state index >= 15 is 0 Å². The van der Waals surface area contributed by atoms with Gasteiger partial charge >= 0.3 is 0 Å². The lowest BCUT2D eigenvalue weighted by atomic mass is 10.1. The van der Waals surface area contributed by atoms with Crippen LogP contribution in [0.1, 0.15) is 23.6 Å². The molecule has 0 aromatic heterocycles. The molecular weight excluding hydrogens is 371 g/mol. The third-order valence-corrected chi connectivity index (χ3v) is 4.99. The van der Waals surface area contributed by atoms with E-state index in [1.54, 1.807) is 37.1 Å².